The SMILES string of the molecule is Cc1ccc(C(C)C)c(OC(C)C(=O)NNC(=O)c2ccc[nH]2)c1. The zero-order chi connectivity index (χ0) is 17.7. The maximum Gasteiger partial charge on any atom is 0.286 e. The molecule has 1 aromatic heterocycles. The molecule has 0 saturated heterocycles. The summed E-state index contributed by atoms with van der Waals surface area (Å²) in [6, 6.07) is 9.25. The topological polar surface area (TPSA) is 83.2 Å². The molecule has 0 radical (unpaired) electrons. The first-order valence-electron chi connectivity index (χ1n) is 7.89. The van der Waals surface area contributed by atoms with Gasteiger partial charge in [0.25, 0.3) is 11.8 Å². The molecule has 0 aliphatic rings. The lowest BCUT2D eigenvalue weighted by Crippen LogP contribution is -2.47. The Hall–Kier alpha value is -2.76. The van der Waals surface area contributed by atoms with Gasteiger partial charge in [0.05, 0.1) is 0 Å². The van der Waals surface area contributed by atoms with Crippen molar-refractivity contribution in [3.05, 3.63) is 53.3 Å². The van der Waals surface area contributed by atoms with Gasteiger partial charge in [-0.2, -0.15) is 0 Å². The molecule has 2 rings (SSSR count). The Labute approximate surface area is 141 Å². The number of benzene rings is 1. The number of carbonyl (C=O) groups excluding carboxylic acids is 2. The van der Waals surface area contributed by atoms with Gasteiger partial charge in [0.2, 0.25) is 0 Å². The number of nitrogens with one attached hydrogen (secondary N) is 3. The van der Waals surface area contributed by atoms with Gasteiger partial charge in [-0.15, -0.1) is 0 Å². The van der Waals surface area contributed by atoms with Crippen LogP contribution >= 0.6 is 0 Å². The molecule has 6 heteroatoms. The first-order chi connectivity index (χ1) is 11.4. The molecular weight excluding hydrogens is 306 g/mol. The normalized spacial score (nSPS) is 11.9. The number of aromatic amines is 1. The highest BCUT2D eigenvalue weighted by molar-refractivity contribution is 5.94. The fourth-order valence-corrected chi connectivity index (χ4v) is 2.22. The number of hydrogen-bond donors (Lipinski definition) is 3. The van der Waals surface area contributed by atoms with Crippen LogP contribution in [0.2, 0.25) is 0 Å². The third-order valence-electron chi connectivity index (χ3n) is 3.61. The van der Waals surface area contributed by atoms with Crippen molar-refractivity contribution in [2.45, 2.75) is 39.7 Å². The Morgan fingerprint density at radius 3 is 2.50 bits per heavy atom. The van der Waals surface area contributed by atoms with Crippen LogP contribution in [0.1, 0.15) is 48.3 Å². The van der Waals surface area contributed by atoms with Crippen molar-refractivity contribution in [3.8, 4) is 5.75 Å². The minimum Gasteiger partial charge on any atom is -0.481 e. The first-order valence-corrected chi connectivity index (χ1v) is 7.89. The lowest BCUT2D eigenvalue weighted by Gasteiger charge is -2.19. The van der Waals surface area contributed by atoms with Crippen LogP contribution in [0.3, 0.4) is 0 Å². The monoisotopic (exact) mass is 329 g/mol. The van der Waals surface area contributed by atoms with E-state index in [0.29, 0.717) is 11.4 Å². The highest BCUT2D eigenvalue weighted by Gasteiger charge is 2.18. The van der Waals surface area contributed by atoms with Crippen LogP contribution in [0.15, 0.2) is 36.5 Å². The second-order valence-electron chi connectivity index (χ2n) is 5.98. The highest BCUT2D eigenvalue weighted by atomic mass is 16.5. The molecular formula is C18H23N3O3. The smallest absolute Gasteiger partial charge is 0.286 e. The van der Waals surface area contributed by atoms with Crippen molar-refractivity contribution in [2.75, 3.05) is 0 Å². The fraction of sp³-hybridized carbons (Fsp3) is 0.333. The van der Waals surface area contributed by atoms with E-state index >= 15 is 0 Å². The molecule has 3 N–H and O–H groups in total. The summed E-state index contributed by atoms with van der Waals surface area (Å²) in [5.74, 6) is 0.122. The minimum absolute atomic E-state index is 0.281. The average Bonchev–Trinajstić information content (AvgIpc) is 3.06. The second kappa shape index (κ2) is 7.68. The Morgan fingerprint density at radius 1 is 1.12 bits per heavy atom. The fourth-order valence-electron chi connectivity index (χ4n) is 2.22. The molecule has 0 spiro atoms. The lowest BCUT2D eigenvalue weighted by atomic mass is 10.0. The third-order valence-corrected chi connectivity index (χ3v) is 3.61. The van der Waals surface area contributed by atoms with Crippen LogP contribution in [-0.4, -0.2) is 22.9 Å². The van der Waals surface area contributed by atoms with Crippen LogP contribution in [0.5, 0.6) is 5.75 Å². The van der Waals surface area contributed by atoms with Crippen molar-refractivity contribution in [1.29, 1.82) is 0 Å². The number of ether oxygens (including phenoxy) is 1. The van der Waals surface area contributed by atoms with Gasteiger partial charge in [-0.25, -0.2) is 0 Å². The summed E-state index contributed by atoms with van der Waals surface area (Å²) in [5.41, 5.74) is 7.18. The van der Waals surface area contributed by atoms with Crippen LogP contribution in [0.4, 0.5) is 0 Å². The van der Waals surface area contributed by atoms with Crippen LogP contribution in [-0.2, 0) is 4.79 Å². The molecule has 24 heavy (non-hydrogen) atoms. The van der Waals surface area contributed by atoms with Gasteiger partial charge in [0, 0.05) is 6.20 Å². The number of aromatic nitrogens is 1. The maximum atomic E-state index is 12.1. The average molecular weight is 329 g/mol. The van der Waals surface area contributed by atoms with Crippen molar-refractivity contribution in [3.63, 3.8) is 0 Å². The van der Waals surface area contributed by atoms with E-state index in [0.717, 1.165) is 11.1 Å². The molecule has 1 atom stereocenters. The summed E-state index contributed by atoms with van der Waals surface area (Å²) >= 11 is 0. The number of hydrazine groups is 1. The molecule has 2 aromatic rings. The number of amides is 2. The third kappa shape index (κ3) is 4.38. The highest BCUT2D eigenvalue weighted by Crippen LogP contribution is 2.28. The van der Waals surface area contributed by atoms with E-state index in [1.54, 1.807) is 25.3 Å². The van der Waals surface area contributed by atoms with Gasteiger partial charge in [0.15, 0.2) is 6.10 Å². The standard InChI is InChI=1S/C18H23N3O3/c1-11(2)14-8-7-12(3)10-16(14)24-13(4)17(22)20-21-18(23)15-6-5-9-19-15/h5-11,13,19H,1-4H3,(H,20,22)(H,21,23). The number of rotatable bonds is 5. The number of hydrogen-bond acceptors (Lipinski definition) is 3. The molecule has 2 amide bonds. The Bertz CT molecular complexity index is 708. The summed E-state index contributed by atoms with van der Waals surface area (Å²) in [6.07, 6.45) is 0.890. The van der Waals surface area contributed by atoms with Gasteiger partial charge in [-0.05, 0) is 49.1 Å². The molecule has 128 valence electrons. The minimum atomic E-state index is -0.742. The van der Waals surface area contributed by atoms with Crippen LogP contribution in [0.25, 0.3) is 0 Å². The summed E-state index contributed by atoms with van der Waals surface area (Å²) in [6.45, 7) is 7.75. The summed E-state index contributed by atoms with van der Waals surface area (Å²) in [4.78, 5) is 26.7. The van der Waals surface area contributed by atoms with E-state index in [-0.39, 0.29) is 5.92 Å². The quantitative estimate of drug-likeness (QED) is 0.738. The van der Waals surface area contributed by atoms with Crippen molar-refractivity contribution in [2.24, 2.45) is 0 Å². The number of carbonyl (C=O) groups is 2. The molecule has 0 bridgehead atoms. The van der Waals surface area contributed by atoms with E-state index in [4.69, 9.17) is 4.74 Å². The van der Waals surface area contributed by atoms with Gasteiger partial charge >= 0.3 is 0 Å². The van der Waals surface area contributed by atoms with Crippen LogP contribution < -0.4 is 15.6 Å². The van der Waals surface area contributed by atoms with Crippen molar-refractivity contribution >= 4 is 11.8 Å². The summed E-state index contributed by atoms with van der Waals surface area (Å²) < 4.78 is 5.80. The Morgan fingerprint density at radius 2 is 1.88 bits per heavy atom. The molecule has 0 aliphatic carbocycles. The molecule has 1 unspecified atom stereocenters. The maximum absolute atomic E-state index is 12.1. The number of H-pyrrole nitrogens is 1. The molecule has 0 aliphatic heterocycles. The Balaban J connectivity index is 1.97. The van der Waals surface area contributed by atoms with E-state index in [1.165, 1.54) is 0 Å². The van der Waals surface area contributed by atoms with E-state index in [2.05, 4.69) is 29.7 Å². The van der Waals surface area contributed by atoms with E-state index < -0.39 is 17.9 Å². The number of aryl methyl sites for hydroxylation is 1. The zero-order valence-corrected chi connectivity index (χ0v) is 14.3. The first kappa shape index (κ1) is 17.6. The molecule has 0 saturated carbocycles. The van der Waals surface area contributed by atoms with Crippen molar-refractivity contribution < 1.29 is 14.3 Å². The molecule has 1 aromatic carbocycles. The van der Waals surface area contributed by atoms with Gasteiger partial charge in [-0.1, -0.05) is 26.0 Å². The lowest BCUT2D eigenvalue weighted by molar-refractivity contribution is -0.128. The molecule has 0 fully saturated rings. The van der Waals surface area contributed by atoms with Gasteiger partial charge < -0.3 is 9.72 Å². The summed E-state index contributed by atoms with van der Waals surface area (Å²) in [7, 11) is 0. The summed E-state index contributed by atoms with van der Waals surface area (Å²) in [5, 5.41) is 0. The predicted octanol–water partition coefficient (Wildman–Crippen LogP) is 2.68. The van der Waals surface area contributed by atoms with Gasteiger partial charge in [0.1, 0.15) is 11.4 Å². The largest absolute Gasteiger partial charge is 0.481 e. The van der Waals surface area contributed by atoms with E-state index in [1.807, 2.05) is 25.1 Å². The predicted molar refractivity (Wildman–Crippen MR) is 91.8 cm³/mol. The van der Waals surface area contributed by atoms with Gasteiger partial charge in [-0.3, -0.25) is 20.4 Å². The Kier molecular flexibility index (Phi) is 5.63. The van der Waals surface area contributed by atoms with Crippen molar-refractivity contribution in [1.82, 2.24) is 15.8 Å². The second-order valence-corrected chi connectivity index (χ2v) is 5.98. The van der Waals surface area contributed by atoms with E-state index in [9.17, 15) is 9.59 Å². The zero-order valence-electron chi connectivity index (χ0n) is 14.3. The van der Waals surface area contributed by atoms with Crippen LogP contribution in [0, 0.1) is 6.92 Å². The molecule has 1 heterocycles. The molecule has 6 nitrogen and oxygen atoms in total.